The van der Waals surface area contributed by atoms with Crippen molar-refractivity contribution in [3.05, 3.63) is 23.8 Å². The molecule has 0 aliphatic heterocycles. The second-order valence-corrected chi connectivity index (χ2v) is 5.23. The molecule has 3 aliphatic rings. The van der Waals surface area contributed by atoms with E-state index in [1.165, 1.54) is 14.2 Å². The van der Waals surface area contributed by atoms with Gasteiger partial charge in [0, 0.05) is 5.57 Å². The highest BCUT2D eigenvalue weighted by Gasteiger charge is 2.63. The van der Waals surface area contributed by atoms with Crippen LogP contribution in [0.3, 0.4) is 0 Å². The van der Waals surface area contributed by atoms with E-state index in [1.807, 2.05) is 18.2 Å². The van der Waals surface area contributed by atoms with Crippen molar-refractivity contribution in [3.63, 3.8) is 0 Å². The second kappa shape index (κ2) is 3.70. The largest absolute Gasteiger partial charge is 0.468 e. The highest BCUT2D eigenvalue weighted by molar-refractivity contribution is 5.92. The predicted octanol–water partition coefficient (Wildman–Crippen LogP) is 1.47. The fraction of sp³-hybridized carbons (Fsp3) is 0.571. The van der Waals surface area contributed by atoms with Gasteiger partial charge < -0.3 is 9.47 Å². The minimum absolute atomic E-state index is 0.0767. The molecule has 0 saturated heterocycles. The highest BCUT2D eigenvalue weighted by atomic mass is 16.5. The lowest BCUT2D eigenvalue weighted by molar-refractivity contribution is -0.153. The summed E-state index contributed by atoms with van der Waals surface area (Å²) < 4.78 is 9.79. The molecule has 18 heavy (non-hydrogen) atoms. The van der Waals surface area contributed by atoms with Crippen LogP contribution in [0, 0.1) is 23.2 Å². The van der Waals surface area contributed by atoms with E-state index in [4.69, 9.17) is 9.47 Å². The van der Waals surface area contributed by atoms with Gasteiger partial charge in [-0.3, -0.25) is 4.79 Å². The highest BCUT2D eigenvalue weighted by Crippen LogP contribution is 2.63. The Balaban J connectivity index is 2.01. The fourth-order valence-electron chi connectivity index (χ4n) is 4.03. The molecule has 0 aromatic rings. The smallest absolute Gasteiger partial charge is 0.333 e. The number of hydrogen-bond donors (Lipinski definition) is 0. The topological polar surface area (TPSA) is 52.6 Å². The first-order valence-corrected chi connectivity index (χ1v) is 6.21. The third kappa shape index (κ3) is 1.15. The maximum Gasteiger partial charge on any atom is 0.333 e. The molecule has 2 bridgehead atoms. The van der Waals surface area contributed by atoms with Crippen molar-refractivity contribution in [2.45, 2.75) is 12.8 Å². The van der Waals surface area contributed by atoms with E-state index in [0.29, 0.717) is 0 Å². The Labute approximate surface area is 106 Å². The van der Waals surface area contributed by atoms with Gasteiger partial charge in [0.25, 0.3) is 0 Å². The lowest BCUT2D eigenvalue weighted by atomic mass is 9.69. The van der Waals surface area contributed by atoms with Crippen molar-refractivity contribution in [2.24, 2.45) is 23.2 Å². The van der Waals surface area contributed by atoms with E-state index in [2.05, 4.69) is 0 Å². The van der Waals surface area contributed by atoms with Crippen LogP contribution in [-0.4, -0.2) is 26.2 Å². The molecule has 1 fully saturated rings. The lowest BCUT2D eigenvalue weighted by Gasteiger charge is -2.34. The minimum Gasteiger partial charge on any atom is -0.468 e. The summed E-state index contributed by atoms with van der Waals surface area (Å²) in [5, 5.41) is 0. The molecule has 4 nitrogen and oxygen atoms in total. The zero-order valence-electron chi connectivity index (χ0n) is 10.5. The number of rotatable bonds is 2. The molecule has 3 rings (SSSR count). The zero-order valence-corrected chi connectivity index (χ0v) is 10.5. The average molecular weight is 248 g/mol. The van der Waals surface area contributed by atoms with Gasteiger partial charge >= 0.3 is 11.9 Å². The first-order chi connectivity index (χ1) is 8.65. The molecule has 0 aromatic heterocycles. The molecule has 1 saturated carbocycles. The molecule has 0 aromatic carbocycles. The molecule has 4 atom stereocenters. The Morgan fingerprint density at radius 2 is 2.11 bits per heavy atom. The summed E-state index contributed by atoms with van der Waals surface area (Å²) >= 11 is 0. The van der Waals surface area contributed by atoms with Crippen LogP contribution in [0.2, 0.25) is 0 Å². The van der Waals surface area contributed by atoms with Gasteiger partial charge in [-0.05, 0) is 30.6 Å². The fourth-order valence-corrected chi connectivity index (χ4v) is 4.03. The average Bonchev–Trinajstić information content (AvgIpc) is 3.06. The Morgan fingerprint density at radius 1 is 1.33 bits per heavy atom. The summed E-state index contributed by atoms with van der Waals surface area (Å²) in [7, 11) is 2.83. The molecule has 0 N–H and O–H groups in total. The van der Waals surface area contributed by atoms with Crippen molar-refractivity contribution in [1.82, 2.24) is 0 Å². The van der Waals surface area contributed by atoms with E-state index in [-0.39, 0.29) is 29.7 Å². The van der Waals surface area contributed by atoms with Crippen molar-refractivity contribution in [2.75, 3.05) is 14.2 Å². The monoisotopic (exact) mass is 248 g/mol. The van der Waals surface area contributed by atoms with Gasteiger partial charge in [0.15, 0.2) is 0 Å². The van der Waals surface area contributed by atoms with Gasteiger partial charge in [-0.2, -0.15) is 0 Å². The Morgan fingerprint density at radius 3 is 2.78 bits per heavy atom. The van der Waals surface area contributed by atoms with Crippen LogP contribution in [0.1, 0.15) is 12.8 Å². The number of carbonyl (C=O) groups excluding carboxylic acids is 2. The molecule has 0 spiro atoms. The Kier molecular flexibility index (Phi) is 2.37. The third-order valence-corrected chi connectivity index (χ3v) is 4.74. The molecule has 96 valence electrons. The van der Waals surface area contributed by atoms with Crippen molar-refractivity contribution >= 4 is 11.9 Å². The first kappa shape index (κ1) is 11.5. The summed E-state index contributed by atoms with van der Waals surface area (Å²) in [6, 6.07) is 0. The summed E-state index contributed by atoms with van der Waals surface area (Å²) in [4.78, 5) is 23.8. The van der Waals surface area contributed by atoms with Crippen LogP contribution >= 0.6 is 0 Å². The molecule has 4 heteroatoms. The molecular weight excluding hydrogens is 232 g/mol. The van der Waals surface area contributed by atoms with E-state index < -0.39 is 5.41 Å². The number of hydrogen-bond acceptors (Lipinski definition) is 4. The van der Waals surface area contributed by atoms with Gasteiger partial charge in [0.2, 0.25) is 0 Å². The summed E-state index contributed by atoms with van der Waals surface area (Å²) in [5.41, 5.74) is 0.215. The molecule has 0 heterocycles. The number of methoxy groups -OCH3 is 2. The van der Waals surface area contributed by atoms with Crippen molar-refractivity contribution in [1.29, 1.82) is 0 Å². The number of allylic oxidation sites excluding steroid dienone is 2. The zero-order chi connectivity index (χ0) is 12.9. The Hall–Kier alpha value is -1.58. The maximum absolute atomic E-state index is 12.1. The van der Waals surface area contributed by atoms with Gasteiger partial charge in [-0.25, -0.2) is 4.79 Å². The predicted molar refractivity (Wildman–Crippen MR) is 63.4 cm³/mol. The number of fused-ring (bicyclic) bond motifs is 5. The quantitative estimate of drug-likeness (QED) is 0.548. The Bertz CT molecular complexity index is 476. The molecule has 0 amide bonds. The first-order valence-electron chi connectivity index (χ1n) is 6.21. The summed E-state index contributed by atoms with van der Waals surface area (Å²) in [5.74, 6) is -0.0554. The van der Waals surface area contributed by atoms with Crippen LogP contribution in [0.25, 0.3) is 0 Å². The number of carbonyl (C=O) groups is 2. The molecular formula is C14H16O4. The van der Waals surface area contributed by atoms with Gasteiger partial charge in [-0.1, -0.05) is 18.2 Å². The van der Waals surface area contributed by atoms with Crippen LogP contribution in [0.15, 0.2) is 23.8 Å². The molecule has 3 aliphatic carbocycles. The van der Waals surface area contributed by atoms with Crippen LogP contribution in [-0.2, 0) is 19.1 Å². The lowest BCUT2D eigenvalue weighted by Crippen LogP contribution is -2.40. The van der Waals surface area contributed by atoms with Crippen molar-refractivity contribution < 1.29 is 19.1 Å². The van der Waals surface area contributed by atoms with E-state index in [9.17, 15) is 9.59 Å². The van der Waals surface area contributed by atoms with Crippen LogP contribution in [0.5, 0.6) is 0 Å². The van der Waals surface area contributed by atoms with E-state index >= 15 is 0 Å². The maximum atomic E-state index is 12.1. The van der Waals surface area contributed by atoms with E-state index in [1.54, 1.807) is 0 Å². The summed E-state index contributed by atoms with van der Waals surface area (Å²) in [6.07, 6.45) is 7.63. The molecule has 0 unspecified atom stereocenters. The van der Waals surface area contributed by atoms with Crippen LogP contribution in [0.4, 0.5) is 0 Å². The number of esters is 2. The normalized spacial score (nSPS) is 39.4. The minimum atomic E-state index is -0.531. The molecule has 0 radical (unpaired) electrons. The SMILES string of the molecule is COC(=O)C1=C[C@@H]2C[C@H]1[C@H]1CC=C[C@]21C(=O)OC. The van der Waals surface area contributed by atoms with Gasteiger partial charge in [-0.15, -0.1) is 0 Å². The number of ether oxygens (including phenoxy) is 2. The third-order valence-electron chi connectivity index (χ3n) is 4.74. The standard InChI is InChI=1S/C14H16O4/c1-17-12(15)10-7-8-6-9(10)11-4-3-5-14(8,11)13(16)18-2/h3,5,7-9,11H,4,6H2,1-2H3/t8-,9+,11+,14-/m0/s1. The van der Waals surface area contributed by atoms with Crippen LogP contribution < -0.4 is 0 Å². The van der Waals surface area contributed by atoms with Gasteiger partial charge in [0.05, 0.1) is 19.6 Å². The summed E-state index contributed by atoms with van der Waals surface area (Å²) in [6.45, 7) is 0. The second-order valence-electron chi connectivity index (χ2n) is 5.23. The van der Waals surface area contributed by atoms with Gasteiger partial charge in [0.1, 0.15) is 0 Å². The van der Waals surface area contributed by atoms with E-state index in [0.717, 1.165) is 18.4 Å². The van der Waals surface area contributed by atoms with Crippen molar-refractivity contribution in [3.8, 4) is 0 Å².